The molecule has 0 unspecified atom stereocenters. The zero-order valence-corrected chi connectivity index (χ0v) is 17.5. The van der Waals surface area contributed by atoms with E-state index >= 15 is 0 Å². The van der Waals surface area contributed by atoms with Gasteiger partial charge in [0, 0.05) is 17.0 Å². The Morgan fingerprint density at radius 1 is 0.933 bits per heavy atom. The van der Waals surface area contributed by atoms with Crippen LogP contribution in [0, 0.1) is 6.92 Å². The monoisotopic (exact) mass is 422 g/mol. The molecule has 0 aliphatic rings. The number of carboxylic acids is 1. The molecule has 0 bridgehead atoms. The van der Waals surface area contributed by atoms with E-state index in [2.05, 4.69) is 0 Å². The van der Waals surface area contributed by atoms with Gasteiger partial charge in [0.25, 0.3) is 0 Å². The molecule has 0 amide bonds. The SMILES string of the molecule is Cc1cc(CC(=O)O)ccc1Oc1ccc(C(=O)CCCc2ccc(Cl)cc2)cc1. The summed E-state index contributed by atoms with van der Waals surface area (Å²) in [6.07, 6.45) is 2.07. The van der Waals surface area contributed by atoms with E-state index in [1.54, 1.807) is 36.4 Å². The first-order valence-electron chi connectivity index (χ1n) is 9.77. The summed E-state index contributed by atoms with van der Waals surface area (Å²) in [6, 6.07) is 20.1. The Labute approximate surface area is 181 Å². The fourth-order valence-corrected chi connectivity index (χ4v) is 3.32. The number of rotatable bonds is 9. The van der Waals surface area contributed by atoms with Crippen molar-refractivity contribution < 1.29 is 19.4 Å². The van der Waals surface area contributed by atoms with Gasteiger partial charge in [0.15, 0.2) is 5.78 Å². The van der Waals surface area contributed by atoms with Crippen molar-refractivity contribution in [3.63, 3.8) is 0 Å². The van der Waals surface area contributed by atoms with Gasteiger partial charge in [0.05, 0.1) is 6.42 Å². The van der Waals surface area contributed by atoms with Crippen molar-refractivity contribution in [2.24, 2.45) is 0 Å². The van der Waals surface area contributed by atoms with Crippen LogP contribution in [0.1, 0.15) is 39.9 Å². The summed E-state index contributed by atoms with van der Waals surface area (Å²) >= 11 is 5.89. The molecule has 0 aromatic heterocycles. The van der Waals surface area contributed by atoms with Gasteiger partial charge in [0.2, 0.25) is 0 Å². The smallest absolute Gasteiger partial charge is 0.307 e. The highest BCUT2D eigenvalue weighted by atomic mass is 35.5. The predicted octanol–water partition coefficient (Wildman–Crippen LogP) is 6.27. The number of aryl methyl sites for hydroxylation is 2. The third-order valence-electron chi connectivity index (χ3n) is 4.78. The van der Waals surface area contributed by atoms with E-state index in [-0.39, 0.29) is 12.2 Å². The Bertz CT molecular complexity index is 1020. The number of ether oxygens (including phenoxy) is 1. The molecular weight excluding hydrogens is 400 g/mol. The first kappa shape index (κ1) is 21.6. The number of hydrogen-bond donors (Lipinski definition) is 1. The van der Waals surface area contributed by atoms with E-state index in [4.69, 9.17) is 21.4 Å². The maximum atomic E-state index is 12.4. The normalized spacial score (nSPS) is 10.6. The summed E-state index contributed by atoms with van der Waals surface area (Å²) in [5, 5.41) is 9.60. The maximum Gasteiger partial charge on any atom is 0.307 e. The fourth-order valence-electron chi connectivity index (χ4n) is 3.19. The van der Waals surface area contributed by atoms with Gasteiger partial charge in [-0.25, -0.2) is 0 Å². The van der Waals surface area contributed by atoms with Gasteiger partial charge in [-0.3, -0.25) is 9.59 Å². The lowest BCUT2D eigenvalue weighted by molar-refractivity contribution is -0.136. The minimum absolute atomic E-state index is 0.0179. The van der Waals surface area contributed by atoms with Crippen LogP contribution in [0.2, 0.25) is 5.02 Å². The van der Waals surface area contributed by atoms with E-state index in [1.165, 1.54) is 5.56 Å². The van der Waals surface area contributed by atoms with Crippen molar-refractivity contribution in [3.8, 4) is 11.5 Å². The van der Waals surface area contributed by atoms with Crippen molar-refractivity contribution in [3.05, 3.63) is 94.0 Å². The largest absolute Gasteiger partial charge is 0.481 e. The van der Waals surface area contributed by atoms with Crippen LogP contribution in [0.5, 0.6) is 11.5 Å². The number of halogens is 1. The molecule has 0 spiro atoms. The highest BCUT2D eigenvalue weighted by Gasteiger charge is 2.09. The fraction of sp³-hybridized carbons (Fsp3) is 0.200. The molecule has 5 heteroatoms. The molecular formula is C25H23ClO4. The lowest BCUT2D eigenvalue weighted by atomic mass is 10.0. The standard InChI is InChI=1S/C25H23ClO4/c1-17-15-19(16-25(28)29)7-14-24(17)30-22-12-8-20(9-13-22)23(27)4-2-3-18-5-10-21(26)11-6-18/h5-15H,2-4,16H2,1H3,(H,28,29). The van der Waals surface area contributed by atoms with Gasteiger partial charge in [-0.1, -0.05) is 35.9 Å². The number of ketones is 1. The predicted molar refractivity (Wildman–Crippen MR) is 118 cm³/mol. The third-order valence-corrected chi connectivity index (χ3v) is 5.03. The average Bonchev–Trinajstić information content (AvgIpc) is 2.71. The van der Waals surface area contributed by atoms with E-state index < -0.39 is 5.97 Å². The van der Waals surface area contributed by atoms with Gasteiger partial charge in [-0.2, -0.15) is 0 Å². The minimum atomic E-state index is -0.864. The van der Waals surface area contributed by atoms with Crippen LogP contribution in [0.15, 0.2) is 66.7 Å². The van der Waals surface area contributed by atoms with E-state index in [9.17, 15) is 9.59 Å². The summed E-state index contributed by atoms with van der Waals surface area (Å²) in [4.78, 5) is 23.3. The van der Waals surface area contributed by atoms with Crippen LogP contribution in [-0.2, 0) is 17.6 Å². The summed E-state index contributed by atoms with van der Waals surface area (Å²) < 4.78 is 5.88. The summed E-state index contributed by atoms with van der Waals surface area (Å²) in [6.45, 7) is 1.87. The molecule has 3 rings (SSSR count). The van der Waals surface area contributed by atoms with Crippen molar-refractivity contribution in [1.82, 2.24) is 0 Å². The Kier molecular flexibility index (Phi) is 7.26. The van der Waals surface area contributed by atoms with Crippen molar-refractivity contribution in [2.45, 2.75) is 32.6 Å². The van der Waals surface area contributed by atoms with E-state index in [0.29, 0.717) is 28.5 Å². The molecule has 0 saturated heterocycles. The lowest BCUT2D eigenvalue weighted by Gasteiger charge is -2.10. The second-order valence-electron chi connectivity index (χ2n) is 7.20. The van der Waals surface area contributed by atoms with Gasteiger partial charge < -0.3 is 9.84 Å². The van der Waals surface area contributed by atoms with E-state index in [0.717, 1.165) is 24.0 Å². The zero-order valence-electron chi connectivity index (χ0n) is 16.7. The molecule has 0 aliphatic heterocycles. The summed E-state index contributed by atoms with van der Waals surface area (Å²) in [7, 11) is 0. The summed E-state index contributed by atoms with van der Waals surface area (Å²) in [5.74, 6) is 0.522. The van der Waals surface area contributed by atoms with Gasteiger partial charge >= 0.3 is 5.97 Å². The average molecular weight is 423 g/mol. The number of benzene rings is 3. The molecule has 0 atom stereocenters. The highest BCUT2D eigenvalue weighted by Crippen LogP contribution is 2.26. The van der Waals surface area contributed by atoms with Crippen molar-refractivity contribution in [1.29, 1.82) is 0 Å². The molecule has 0 radical (unpaired) electrons. The molecule has 30 heavy (non-hydrogen) atoms. The zero-order chi connectivity index (χ0) is 21.5. The van der Waals surface area contributed by atoms with Crippen LogP contribution < -0.4 is 4.74 Å². The summed E-state index contributed by atoms with van der Waals surface area (Å²) in [5.41, 5.74) is 3.41. The molecule has 4 nitrogen and oxygen atoms in total. The Morgan fingerprint density at radius 3 is 2.23 bits per heavy atom. The van der Waals surface area contributed by atoms with Crippen LogP contribution in [-0.4, -0.2) is 16.9 Å². The molecule has 0 heterocycles. The van der Waals surface area contributed by atoms with E-state index in [1.807, 2.05) is 37.3 Å². The van der Waals surface area contributed by atoms with Crippen LogP contribution in [0.25, 0.3) is 0 Å². The lowest BCUT2D eigenvalue weighted by Crippen LogP contribution is -2.01. The van der Waals surface area contributed by atoms with Crippen molar-refractivity contribution in [2.75, 3.05) is 0 Å². The number of aliphatic carboxylic acids is 1. The second-order valence-corrected chi connectivity index (χ2v) is 7.64. The molecule has 0 saturated carbocycles. The molecule has 0 fully saturated rings. The first-order valence-corrected chi connectivity index (χ1v) is 10.2. The number of carboxylic acid groups (broad SMARTS) is 1. The molecule has 154 valence electrons. The maximum absolute atomic E-state index is 12.4. The first-order chi connectivity index (χ1) is 14.4. The molecule has 1 N–H and O–H groups in total. The van der Waals surface area contributed by atoms with Gasteiger partial charge in [-0.05, 0) is 78.9 Å². The van der Waals surface area contributed by atoms with Crippen LogP contribution in [0.3, 0.4) is 0 Å². The second kappa shape index (κ2) is 10.1. The van der Waals surface area contributed by atoms with Crippen LogP contribution >= 0.6 is 11.6 Å². The Hall–Kier alpha value is -3.11. The quantitative estimate of drug-likeness (QED) is 0.412. The number of carbonyl (C=O) groups excluding carboxylic acids is 1. The van der Waals surface area contributed by atoms with Crippen LogP contribution in [0.4, 0.5) is 0 Å². The Morgan fingerprint density at radius 2 is 1.60 bits per heavy atom. The number of hydrogen-bond acceptors (Lipinski definition) is 3. The molecule has 3 aromatic rings. The topological polar surface area (TPSA) is 63.6 Å². The third kappa shape index (κ3) is 6.19. The highest BCUT2D eigenvalue weighted by molar-refractivity contribution is 6.30. The molecule has 3 aromatic carbocycles. The van der Waals surface area contributed by atoms with Crippen molar-refractivity contribution >= 4 is 23.4 Å². The minimum Gasteiger partial charge on any atom is -0.481 e. The number of carbonyl (C=O) groups is 2. The molecule has 0 aliphatic carbocycles. The Balaban J connectivity index is 1.54. The van der Waals surface area contributed by atoms with Gasteiger partial charge in [0.1, 0.15) is 11.5 Å². The number of Topliss-reactive ketones (excluding diaryl/α,β-unsaturated/α-hetero) is 1. The van der Waals surface area contributed by atoms with Gasteiger partial charge in [-0.15, -0.1) is 0 Å².